The van der Waals surface area contributed by atoms with Crippen molar-refractivity contribution in [1.82, 2.24) is 15.2 Å². The first kappa shape index (κ1) is 14.2. The van der Waals surface area contributed by atoms with Gasteiger partial charge in [0.25, 0.3) is 0 Å². The fourth-order valence-electron chi connectivity index (χ4n) is 1.92. The van der Waals surface area contributed by atoms with Crippen molar-refractivity contribution in [3.63, 3.8) is 0 Å². The quantitative estimate of drug-likeness (QED) is 0.846. The van der Waals surface area contributed by atoms with Crippen LogP contribution >= 0.6 is 11.3 Å². The number of thiazole rings is 1. The maximum atomic E-state index is 5.59. The number of nitrogens with zero attached hydrogens (tertiary/aromatic N) is 2. The summed E-state index contributed by atoms with van der Waals surface area (Å²) in [6.45, 7) is 7.75. The molecule has 0 saturated heterocycles. The van der Waals surface area contributed by atoms with Crippen LogP contribution in [0.25, 0.3) is 0 Å². The summed E-state index contributed by atoms with van der Waals surface area (Å²) in [5.41, 5.74) is 4.24. The molecule has 2 rings (SSSR count). The molecule has 0 radical (unpaired) electrons. The SMILES string of the molecule is CCNCc1coc(CN(C)Cc2scnc2C)c1. The average Bonchev–Trinajstić information content (AvgIpc) is 2.97. The van der Waals surface area contributed by atoms with Crippen LogP contribution in [-0.2, 0) is 19.6 Å². The van der Waals surface area contributed by atoms with Crippen molar-refractivity contribution >= 4 is 11.3 Å². The van der Waals surface area contributed by atoms with E-state index in [1.54, 1.807) is 11.3 Å². The lowest BCUT2D eigenvalue weighted by molar-refractivity contribution is 0.289. The Hall–Kier alpha value is -1.17. The van der Waals surface area contributed by atoms with Crippen molar-refractivity contribution in [1.29, 1.82) is 0 Å². The molecule has 104 valence electrons. The van der Waals surface area contributed by atoms with Gasteiger partial charge >= 0.3 is 0 Å². The molecule has 2 heterocycles. The Labute approximate surface area is 118 Å². The van der Waals surface area contributed by atoms with Gasteiger partial charge in [-0.2, -0.15) is 0 Å². The van der Waals surface area contributed by atoms with Crippen LogP contribution in [0.1, 0.15) is 28.8 Å². The topological polar surface area (TPSA) is 41.3 Å². The minimum Gasteiger partial charge on any atom is -0.468 e. The summed E-state index contributed by atoms with van der Waals surface area (Å²) in [6.07, 6.45) is 1.84. The van der Waals surface area contributed by atoms with E-state index < -0.39 is 0 Å². The van der Waals surface area contributed by atoms with E-state index in [0.717, 1.165) is 37.6 Å². The molecule has 0 amide bonds. The summed E-state index contributed by atoms with van der Waals surface area (Å²) >= 11 is 1.71. The zero-order chi connectivity index (χ0) is 13.7. The minimum absolute atomic E-state index is 0.823. The summed E-state index contributed by atoms with van der Waals surface area (Å²) in [6, 6.07) is 2.12. The van der Waals surface area contributed by atoms with Crippen LogP contribution in [-0.4, -0.2) is 23.5 Å². The van der Waals surface area contributed by atoms with E-state index in [4.69, 9.17) is 4.42 Å². The predicted molar refractivity (Wildman–Crippen MR) is 78.1 cm³/mol. The molecular formula is C14H21N3OS. The molecule has 1 N–H and O–H groups in total. The lowest BCUT2D eigenvalue weighted by Gasteiger charge is -2.13. The van der Waals surface area contributed by atoms with Crippen molar-refractivity contribution in [2.45, 2.75) is 33.5 Å². The van der Waals surface area contributed by atoms with Crippen LogP contribution < -0.4 is 5.32 Å². The molecule has 4 nitrogen and oxygen atoms in total. The molecule has 0 unspecified atom stereocenters. The van der Waals surface area contributed by atoms with Gasteiger partial charge in [0, 0.05) is 23.5 Å². The van der Waals surface area contributed by atoms with Gasteiger partial charge in [-0.1, -0.05) is 6.92 Å². The van der Waals surface area contributed by atoms with E-state index in [1.807, 2.05) is 11.8 Å². The first-order chi connectivity index (χ1) is 9.19. The zero-order valence-electron chi connectivity index (χ0n) is 11.8. The maximum absolute atomic E-state index is 5.59. The van der Waals surface area contributed by atoms with Crippen LogP contribution in [0, 0.1) is 6.92 Å². The van der Waals surface area contributed by atoms with Crippen molar-refractivity contribution in [2.24, 2.45) is 0 Å². The Morgan fingerprint density at radius 3 is 2.95 bits per heavy atom. The van der Waals surface area contributed by atoms with Crippen LogP contribution in [0.4, 0.5) is 0 Å². The van der Waals surface area contributed by atoms with Gasteiger partial charge in [-0.25, -0.2) is 4.98 Å². The van der Waals surface area contributed by atoms with Crippen molar-refractivity contribution < 1.29 is 4.42 Å². The number of rotatable bonds is 7. The molecular weight excluding hydrogens is 258 g/mol. The Morgan fingerprint density at radius 2 is 2.26 bits per heavy atom. The van der Waals surface area contributed by atoms with Crippen molar-refractivity contribution in [2.75, 3.05) is 13.6 Å². The normalized spacial score (nSPS) is 11.4. The zero-order valence-corrected chi connectivity index (χ0v) is 12.6. The van der Waals surface area contributed by atoms with Gasteiger partial charge in [-0.05, 0) is 26.6 Å². The highest BCUT2D eigenvalue weighted by Gasteiger charge is 2.09. The van der Waals surface area contributed by atoms with E-state index in [2.05, 4.69) is 42.2 Å². The van der Waals surface area contributed by atoms with Crippen molar-refractivity contribution in [3.8, 4) is 0 Å². The molecule has 0 bridgehead atoms. The second-order valence-electron chi connectivity index (χ2n) is 4.73. The second-order valence-corrected chi connectivity index (χ2v) is 5.67. The summed E-state index contributed by atoms with van der Waals surface area (Å²) in [5, 5.41) is 3.29. The van der Waals surface area contributed by atoms with Gasteiger partial charge in [0.15, 0.2) is 0 Å². The summed E-state index contributed by atoms with van der Waals surface area (Å²) in [5.74, 6) is 1.01. The lowest BCUT2D eigenvalue weighted by atomic mass is 10.3. The van der Waals surface area contributed by atoms with Gasteiger partial charge < -0.3 is 9.73 Å². The highest BCUT2D eigenvalue weighted by Crippen LogP contribution is 2.16. The summed E-state index contributed by atoms with van der Waals surface area (Å²) < 4.78 is 5.59. The molecule has 0 saturated carbocycles. The van der Waals surface area contributed by atoms with Crippen molar-refractivity contribution in [3.05, 3.63) is 39.7 Å². The van der Waals surface area contributed by atoms with E-state index >= 15 is 0 Å². The standard InChI is InChI=1S/C14H21N3OS/c1-4-15-6-12-5-13(18-9-12)7-17(3)8-14-11(2)16-10-19-14/h5,9-10,15H,4,6-8H2,1-3H3. The predicted octanol–water partition coefficient (Wildman–Crippen LogP) is 2.79. The van der Waals surface area contributed by atoms with E-state index in [9.17, 15) is 0 Å². The second kappa shape index (κ2) is 6.84. The van der Waals surface area contributed by atoms with E-state index in [0.29, 0.717) is 0 Å². The van der Waals surface area contributed by atoms with Crippen LogP contribution in [0.15, 0.2) is 22.3 Å². The Balaban J connectivity index is 1.86. The molecule has 0 aliphatic heterocycles. The van der Waals surface area contributed by atoms with Crippen LogP contribution in [0.5, 0.6) is 0 Å². The molecule has 19 heavy (non-hydrogen) atoms. The van der Waals surface area contributed by atoms with E-state index in [1.165, 1.54) is 10.4 Å². The third-order valence-electron chi connectivity index (χ3n) is 2.97. The monoisotopic (exact) mass is 279 g/mol. The first-order valence-corrected chi connectivity index (χ1v) is 7.41. The highest BCUT2D eigenvalue weighted by molar-refractivity contribution is 7.09. The Kier molecular flexibility index (Phi) is 5.13. The number of nitrogens with one attached hydrogen (secondary N) is 1. The number of furan rings is 1. The van der Waals surface area contributed by atoms with Gasteiger partial charge in [0.2, 0.25) is 0 Å². The third kappa shape index (κ3) is 4.16. The lowest BCUT2D eigenvalue weighted by Crippen LogP contribution is -2.16. The van der Waals surface area contributed by atoms with Crippen LogP contribution in [0.2, 0.25) is 0 Å². The summed E-state index contributed by atoms with van der Waals surface area (Å²) in [7, 11) is 2.10. The van der Waals surface area contributed by atoms with E-state index in [-0.39, 0.29) is 0 Å². The average molecular weight is 279 g/mol. The molecule has 5 heteroatoms. The Morgan fingerprint density at radius 1 is 1.42 bits per heavy atom. The molecule has 2 aromatic heterocycles. The molecule has 0 spiro atoms. The maximum Gasteiger partial charge on any atom is 0.118 e. The van der Waals surface area contributed by atoms with Gasteiger partial charge in [0.1, 0.15) is 5.76 Å². The largest absolute Gasteiger partial charge is 0.468 e. The van der Waals surface area contributed by atoms with Crippen LogP contribution in [0.3, 0.4) is 0 Å². The molecule has 0 aliphatic rings. The number of hydrogen-bond donors (Lipinski definition) is 1. The first-order valence-electron chi connectivity index (χ1n) is 6.53. The molecule has 0 aliphatic carbocycles. The summed E-state index contributed by atoms with van der Waals surface area (Å²) in [4.78, 5) is 7.84. The third-order valence-corrected chi connectivity index (χ3v) is 3.89. The molecule has 0 atom stereocenters. The molecule has 2 aromatic rings. The number of hydrogen-bond acceptors (Lipinski definition) is 5. The molecule has 0 fully saturated rings. The minimum atomic E-state index is 0.823. The fourth-order valence-corrected chi connectivity index (χ4v) is 2.77. The number of aromatic nitrogens is 1. The van der Waals surface area contributed by atoms with Gasteiger partial charge in [-0.15, -0.1) is 11.3 Å². The molecule has 0 aromatic carbocycles. The Bertz CT molecular complexity index is 506. The highest BCUT2D eigenvalue weighted by atomic mass is 32.1. The fraction of sp³-hybridized carbons (Fsp3) is 0.500. The van der Waals surface area contributed by atoms with Gasteiger partial charge in [0.05, 0.1) is 24.0 Å². The van der Waals surface area contributed by atoms with Gasteiger partial charge in [-0.3, -0.25) is 4.90 Å². The number of aryl methyl sites for hydroxylation is 1. The smallest absolute Gasteiger partial charge is 0.118 e.